The number of hydrogen-bond donors (Lipinski definition) is 4. The SMILES string of the molecule is Cc1ccc(-c2c(C#N)c(NCCCCO)nc3sc(OC(N)=O)c(N)c23)o1. The van der Waals surface area contributed by atoms with Crippen LogP contribution in [0.3, 0.4) is 0 Å². The maximum Gasteiger partial charge on any atom is 0.410 e. The maximum absolute atomic E-state index is 11.2. The van der Waals surface area contributed by atoms with Crippen LogP contribution in [0.2, 0.25) is 0 Å². The fourth-order valence-electron chi connectivity index (χ4n) is 2.80. The molecule has 0 saturated carbocycles. The number of hydrogen-bond acceptors (Lipinski definition) is 9. The Morgan fingerprint density at radius 3 is 2.86 bits per heavy atom. The number of nitrogens with zero attached hydrogens (tertiary/aromatic N) is 2. The number of aliphatic hydroxyl groups excluding tert-OH is 1. The summed E-state index contributed by atoms with van der Waals surface area (Å²) in [6.45, 7) is 2.40. The van der Waals surface area contributed by atoms with Gasteiger partial charge in [-0.25, -0.2) is 9.78 Å². The number of aliphatic hydroxyl groups is 1. The van der Waals surface area contributed by atoms with Gasteiger partial charge in [0.05, 0.1) is 16.6 Å². The number of fused-ring (bicyclic) bond motifs is 1. The van der Waals surface area contributed by atoms with Crippen molar-refractivity contribution < 1.29 is 19.1 Å². The van der Waals surface area contributed by atoms with Crippen LogP contribution in [0.25, 0.3) is 21.5 Å². The fourth-order valence-corrected chi connectivity index (χ4v) is 3.76. The highest BCUT2D eigenvalue weighted by Gasteiger charge is 2.25. The molecule has 0 aliphatic carbocycles. The molecule has 1 amide bonds. The van der Waals surface area contributed by atoms with Crippen molar-refractivity contribution in [2.45, 2.75) is 19.8 Å². The van der Waals surface area contributed by atoms with Gasteiger partial charge >= 0.3 is 6.09 Å². The van der Waals surface area contributed by atoms with Gasteiger partial charge in [0, 0.05) is 13.2 Å². The average molecular weight is 401 g/mol. The molecular weight excluding hydrogens is 382 g/mol. The molecule has 0 saturated heterocycles. The van der Waals surface area contributed by atoms with E-state index in [1.807, 2.05) is 0 Å². The van der Waals surface area contributed by atoms with Crippen molar-refractivity contribution in [2.75, 3.05) is 24.2 Å². The minimum Gasteiger partial charge on any atom is -0.461 e. The molecule has 28 heavy (non-hydrogen) atoms. The van der Waals surface area contributed by atoms with Crippen LogP contribution in [0.4, 0.5) is 16.3 Å². The lowest BCUT2D eigenvalue weighted by Crippen LogP contribution is -2.16. The second-order valence-corrected chi connectivity index (χ2v) is 6.96. The lowest BCUT2D eigenvalue weighted by Gasteiger charge is -2.11. The number of unbranched alkanes of at least 4 members (excludes halogenated alkanes) is 1. The number of carbonyl (C=O) groups excluding carboxylic acids is 1. The van der Waals surface area contributed by atoms with Crippen LogP contribution in [0.1, 0.15) is 24.2 Å². The molecule has 3 heterocycles. The van der Waals surface area contributed by atoms with Crippen molar-refractivity contribution in [3.05, 3.63) is 23.5 Å². The highest BCUT2D eigenvalue weighted by molar-refractivity contribution is 7.21. The molecule has 3 aromatic heterocycles. The summed E-state index contributed by atoms with van der Waals surface area (Å²) < 4.78 is 10.7. The zero-order valence-corrected chi connectivity index (χ0v) is 15.9. The average Bonchev–Trinajstić information content (AvgIpc) is 3.21. The first-order valence-electron chi connectivity index (χ1n) is 8.51. The number of aromatic nitrogens is 1. The Bertz CT molecular complexity index is 1070. The standard InChI is InChI=1S/C18H19N5O4S/c1-9-4-5-11(26-9)12-10(8-19)15(22-6-2-3-7-24)23-16-13(12)14(20)17(28-16)27-18(21)25/h4-5,24H,2-3,6-7,20H2,1H3,(H2,21,25)(H,22,23). The third kappa shape index (κ3) is 3.71. The van der Waals surface area contributed by atoms with Gasteiger partial charge in [-0.3, -0.25) is 0 Å². The summed E-state index contributed by atoms with van der Waals surface area (Å²) in [5.74, 6) is 1.49. The quantitative estimate of drug-likeness (QED) is 0.439. The van der Waals surface area contributed by atoms with Gasteiger partial charge in [-0.1, -0.05) is 11.3 Å². The summed E-state index contributed by atoms with van der Waals surface area (Å²) in [6.07, 6.45) is 0.347. The monoisotopic (exact) mass is 401 g/mol. The van der Waals surface area contributed by atoms with Crippen molar-refractivity contribution in [3.8, 4) is 22.5 Å². The minimum absolute atomic E-state index is 0.0887. The number of ether oxygens (including phenoxy) is 1. The lowest BCUT2D eigenvalue weighted by molar-refractivity contribution is 0.212. The topological polar surface area (TPSA) is 160 Å². The van der Waals surface area contributed by atoms with E-state index in [-0.39, 0.29) is 22.9 Å². The van der Waals surface area contributed by atoms with Gasteiger partial charge in [0.1, 0.15) is 33.8 Å². The summed E-state index contributed by atoms with van der Waals surface area (Å²) in [4.78, 5) is 16.1. The van der Waals surface area contributed by atoms with Gasteiger partial charge in [-0.05, 0) is 31.9 Å². The number of anilines is 2. The number of nitrogen functional groups attached to an aromatic ring is 1. The Labute approximate surface area is 164 Å². The van der Waals surface area contributed by atoms with Crippen molar-refractivity contribution >= 4 is 39.2 Å². The predicted octanol–water partition coefficient (Wildman–Crippen LogP) is 2.96. The van der Waals surface area contributed by atoms with E-state index in [2.05, 4.69) is 16.4 Å². The number of nitrogens with one attached hydrogen (secondary N) is 1. The number of nitriles is 1. The molecule has 0 atom stereocenters. The third-order valence-corrected chi connectivity index (χ3v) is 4.99. The van der Waals surface area contributed by atoms with E-state index in [0.29, 0.717) is 52.5 Å². The van der Waals surface area contributed by atoms with Gasteiger partial charge < -0.3 is 31.0 Å². The van der Waals surface area contributed by atoms with E-state index in [1.165, 1.54) is 0 Å². The molecule has 0 bridgehead atoms. The number of thiophene rings is 1. The Morgan fingerprint density at radius 1 is 1.46 bits per heavy atom. The molecule has 0 aromatic carbocycles. The minimum atomic E-state index is -0.989. The second kappa shape index (κ2) is 8.16. The molecule has 9 nitrogen and oxygen atoms in total. The van der Waals surface area contributed by atoms with Crippen molar-refractivity contribution in [1.82, 2.24) is 4.98 Å². The normalized spacial score (nSPS) is 10.8. The molecule has 10 heteroatoms. The Kier molecular flexibility index (Phi) is 5.67. The largest absolute Gasteiger partial charge is 0.461 e. The van der Waals surface area contributed by atoms with Crippen LogP contribution >= 0.6 is 11.3 Å². The van der Waals surface area contributed by atoms with E-state index < -0.39 is 6.09 Å². The van der Waals surface area contributed by atoms with Gasteiger partial charge in [-0.15, -0.1) is 0 Å². The first kappa shape index (κ1) is 19.5. The van der Waals surface area contributed by atoms with Crippen molar-refractivity contribution in [3.63, 3.8) is 0 Å². The lowest BCUT2D eigenvalue weighted by atomic mass is 10.0. The molecule has 146 valence electrons. The number of furan rings is 1. The van der Waals surface area contributed by atoms with Gasteiger partial charge in [0.2, 0.25) is 5.06 Å². The number of rotatable bonds is 7. The van der Waals surface area contributed by atoms with Gasteiger partial charge in [0.15, 0.2) is 0 Å². The molecule has 0 aliphatic heterocycles. The molecule has 3 aromatic rings. The van der Waals surface area contributed by atoms with E-state index in [1.54, 1.807) is 19.1 Å². The molecule has 0 unspecified atom stereocenters. The van der Waals surface area contributed by atoms with Crippen LogP contribution < -0.4 is 21.5 Å². The number of nitrogens with two attached hydrogens (primary N) is 2. The zero-order valence-electron chi connectivity index (χ0n) is 15.1. The summed E-state index contributed by atoms with van der Waals surface area (Å²) in [7, 11) is 0. The molecule has 3 rings (SSSR count). The van der Waals surface area contributed by atoms with E-state index in [9.17, 15) is 10.1 Å². The number of carbonyl (C=O) groups is 1. The van der Waals surface area contributed by atoms with Crippen LogP contribution in [-0.2, 0) is 0 Å². The Morgan fingerprint density at radius 2 is 2.25 bits per heavy atom. The van der Waals surface area contributed by atoms with E-state index >= 15 is 0 Å². The third-order valence-electron chi connectivity index (χ3n) is 4.01. The summed E-state index contributed by atoms with van der Waals surface area (Å²) in [5.41, 5.74) is 12.2. The van der Waals surface area contributed by atoms with Crippen LogP contribution in [0.5, 0.6) is 5.06 Å². The highest BCUT2D eigenvalue weighted by Crippen LogP contribution is 2.46. The number of amides is 1. The van der Waals surface area contributed by atoms with Crippen LogP contribution in [-0.4, -0.2) is 29.3 Å². The Hall–Kier alpha value is -3.29. The molecule has 0 radical (unpaired) electrons. The predicted molar refractivity (Wildman–Crippen MR) is 106 cm³/mol. The van der Waals surface area contributed by atoms with Crippen molar-refractivity contribution in [2.24, 2.45) is 5.73 Å². The summed E-state index contributed by atoms with van der Waals surface area (Å²) in [5, 5.41) is 22.5. The zero-order chi connectivity index (χ0) is 20.3. The number of pyridine rings is 1. The molecule has 6 N–H and O–H groups in total. The van der Waals surface area contributed by atoms with Gasteiger partial charge in [-0.2, -0.15) is 5.26 Å². The van der Waals surface area contributed by atoms with Crippen LogP contribution in [0.15, 0.2) is 16.5 Å². The smallest absolute Gasteiger partial charge is 0.410 e. The Balaban J connectivity index is 2.22. The molecular formula is C18H19N5O4S. The summed E-state index contributed by atoms with van der Waals surface area (Å²) in [6, 6.07) is 5.69. The fraction of sp³-hybridized carbons (Fsp3) is 0.278. The maximum atomic E-state index is 11.2. The van der Waals surface area contributed by atoms with Crippen molar-refractivity contribution in [1.29, 1.82) is 5.26 Å². The highest BCUT2D eigenvalue weighted by atomic mass is 32.1. The molecule has 0 fully saturated rings. The summed E-state index contributed by atoms with van der Waals surface area (Å²) >= 11 is 1.05. The van der Waals surface area contributed by atoms with Crippen LogP contribution in [0, 0.1) is 18.3 Å². The number of aryl methyl sites for hydroxylation is 1. The first-order valence-corrected chi connectivity index (χ1v) is 9.32. The molecule has 0 aliphatic rings. The van der Waals surface area contributed by atoms with E-state index in [0.717, 1.165) is 11.3 Å². The first-order chi connectivity index (χ1) is 13.5. The van der Waals surface area contributed by atoms with E-state index in [4.69, 9.17) is 25.7 Å². The number of primary amides is 1. The van der Waals surface area contributed by atoms with Gasteiger partial charge in [0.25, 0.3) is 0 Å². The molecule has 0 spiro atoms. The second-order valence-electron chi connectivity index (χ2n) is 5.99.